The molecule has 0 unspecified atom stereocenters. The van der Waals surface area contributed by atoms with Crippen molar-refractivity contribution in [2.45, 2.75) is 38.6 Å². The molecular weight excluding hydrogens is 352 g/mol. The van der Waals surface area contributed by atoms with Gasteiger partial charge in [-0.25, -0.2) is 0 Å². The summed E-state index contributed by atoms with van der Waals surface area (Å²) in [5.41, 5.74) is 4.59. The minimum absolute atomic E-state index is 0.340. The van der Waals surface area contributed by atoms with E-state index >= 15 is 0 Å². The van der Waals surface area contributed by atoms with Crippen LogP contribution in [-0.4, -0.2) is 55.7 Å². The number of nitrogens with one attached hydrogen (secondary N) is 1. The topological polar surface area (TPSA) is 79.1 Å². The fraction of sp³-hybridized carbons (Fsp3) is 0.476. The second-order valence-electron chi connectivity index (χ2n) is 7.90. The molecule has 7 nitrogen and oxygen atoms in total. The van der Waals surface area contributed by atoms with Crippen molar-refractivity contribution in [1.29, 1.82) is 0 Å². The van der Waals surface area contributed by atoms with E-state index in [2.05, 4.69) is 38.5 Å². The summed E-state index contributed by atoms with van der Waals surface area (Å²) in [6, 6.07) is 4.41. The van der Waals surface area contributed by atoms with E-state index in [-0.39, 0.29) is 0 Å². The van der Waals surface area contributed by atoms with Crippen LogP contribution < -0.4 is 5.32 Å². The van der Waals surface area contributed by atoms with Crippen LogP contribution in [0.25, 0.3) is 22.2 Å². The molecule has 1 fully saturated rings. The molecule has 0 bridgehead atoms. The number of aromatic nitrogens is 4. The van der Waals surface area contributed by atoms with Crippen LogP contribution in [0.1, 0.15) is 30.9 Å². The highest BCUT2D eigenvalue weighted by Gasteiger charge is 2.25. The first-order chi connectivity index (χ1) is 13.7. The Balaban J connectivity index is 1.54. The van der Waals surface area contributed by atoms with Crippen LogP contribution in [0, 0.1) is 0 Å². The number of fused-ring (bicyclic) bond motifs is 2. The first-order valence-corrected chi connectivity index (χ1v) is 10.2. The number of likely N-dealkylation sites (tertiary alicyclic amines) is 1. The third-order valence-corrected chi connectivity index (χ3v) is 6.24. The maximum Gasteiger partial charge on any atom is 0.160 e. The summed E-state index contributed by atoms with van der Waals surface area (Å²) in [6.45, 7) is 5.46. The van der Waals surface area contributed by atoms with Crippen molar-refractivity contribution in [3.63, 3.8) is 0 Å². The number of hydrogen-bond donors (Lipinski definition) is 2. The predicted molar refractivity (Wildman–Crippen MR) is 110 cm³/mol. The largest absolute Gasteiger partial charge is 0.507 e. The minimum atomic E-state index is 0.340. The van der Waals surface area contributed by atoms with Crippen LogP contribution in [-0.2, 0) is 19.9 Å². The van der Waals surface area contributed by atoms with E-state index in [0.717, 1.165) is 60.2 Å². The fourth-order valence-corrected chi connectivity index (χ4v) is 4.50. The Morgan fingerprint density at radius 2 is 2.14 bits per heavy atom. The number of phenolic OH excluding ortho intramolecular Hbond substituents is 1. The molecule has 2 aromatic heterocycles. The zero-order chi connectivity index (χ0) is 19.3. The molecule has 0 saturated carbocycles. The molecule has 3 heterocycles. The van der Waals surface area contributed by atoms with E-state index in [1.807, 2.05) is 24.0 Å². The number of hydrogen-bond acceptors (Lipinski definition) is 6. The molecule has 1 aliphatic heterocycles. The molecule has 0 radical (unpaired) electrons. The van der Waals surface area contributed by atoms with E-state index in [1.165, 1.54) is 18.5 Å². The van der Waals surface area contributed by atoms with Crippen molar-refractivity contribution in [3.8, 4) is 17.0 Å². The lowest BCUT2D eigenvalue weighted by atomic mass is 9.85. The first kappa shape index (κ1) is 17.4. The lowest BCUT2D eigenvalue weighted by Gasteiger charge is -2.32. The molecule has 1 saturated heterocycles. The van der Waals surface area contributed by atoms with Gasteiger partial charge in [0.1, 0.15) is 11.4 Å². The molecule has 7 heteroatoms. The van der Waals surface area contributed by atoms with Gasteiger partial charge in [-0.15, -0.1) is 10.2 Å². The van der Waals surface area contributed by atoms with Gasteiger partial charge < -0.3 is 15.3 Å². The van der Waals surface area contributed by atoms with Gasteiger partial charge in [0.2, 0.25) is 0 Å². The second-order valence-corrected chi connectivity index (χ2v) is 7.90. The molecule has 5 rings (SSSR count). The Kier molecular flexibility index (Phi) is 4.19. The fourth-order valence-electron chi connectivity index (χ4n) is 4.50. The van der Waals surface area contributed by atoms with Gasteiger partial charge in [-0.1, -0.05) is 13.0 Å². The quantitative estimate of drug-likeness (QED) is 0.727. The average Bonchev–Trinajstić information content (AvgIpc) is 3.07. The van der Waals surface area contributed by atoms with Crippen LogP contribution in [0.4, 0.5) is 5.82 Å². The summed E-state index contributed by atoms with van der Waals surface area (Å²) in [5.74, 6) is 1.12. The van der Waals surface area contributed by atoms with E-state index in [0.29, 0.717) is 17.5 Å². The molecule has 2 N–H and O–H groups in total. The van der Waals surface area contributed by atoms with Crippen molar-refractivity contribution in [2.24, 2.45) is 7.05 Å². The van der Waals surface area contributed by atoms with E-state index in [9.17, 15) is 5.11 Å². The molecular formula is C21H26N6O. The monoisotopic (exact) mass is 378 g/mol. The standard InChI is InChI=1S/C21H26N6O/c1-3-27-10-4-5-14(12-27)23-21-17-11-22-26(2)19(17)18(24-25-21)16-9-7-13-6-8-15(13)20(16)28/h7,9,11,14,28H,3-6,8,10,12H2,1-2H3,(H,23,25)/t14-/m1/s1. The first-order valence-electron chi connectivity index (χ1n) is 10.2. The molecule has 3 aromatic rings. The molecule has 0 spiro atoms. The van der Waals surface area contributed by atoms with Gasteiger partial charge in [0, 0.05) is 25.2 Å². The number of piperidine rings is 1. The average molecular weight is 378 g/mol. The maximum absolute atomic E-state index is 10.7. The summed E-state index contributed by atoms with van der Waals surface area (Å²) in [7, 11) is 1.91. The Morgan fingerprint density at radius 1 is 1.25 bits per heavy atom. The Morgan fingerprint density at radius 3 is 2.93 bits per heavy atom. The third-order valence-electron chi connectivity index (χ3n) is 6.24. The van der Waals surface area contributed by atoms with Crippen molar-refractivity contribution in [1.82, 2.24) is 24.9 Å². The highest BCUT2D eigenvalue weighted by atomic mass is 16.3. The maximum atomic E-state index is 10.7. The SMILES string of the molecule is CCN1CCC[C@@H](Nc2nnc(-c3ccc4c(c3O)CC4)c3c2cnn3C)C1. The summed E-state index contributed by atoms with van der Waals surface area (Å²) in [5, 5.41) is 28.8. The minimum Gasteiger partial charge on any atom is -0.507 e. The number of nitrogens with zero attached hydrogens (tertiary/aromatic N) is 5. The summed E-state index contributed by atoms with van der Waals surface area (Å²) < 4.78 is 1.82. The summed E-state index contributed by atoms with van der Waals surface area (Å²) >= 11 is 0. The Labute approximate surface area is 164 Å². The zero-order valence-corrected chi connectivity index (χ0v) is 16.4. The van der Waals surface area contributed by atoms with Crippen LogP contribution in [0.15, 0.2) is 18.3 Å². The second kappa shape index (κ2) is 6.74. The Bertz CT molecular complexity index is 1040. The highest BCUT2D eigenvalue weighted by molar-refractivity contribution is 5.98. The molecule has 2 aliphatic rings. The van der Waals surface area contributed by atoms with Gasteiger partial charge in [0.25, 0.3) is 0 Å². The van der Waals surface area contributed by atoms with E-state index in [1.54, 1.807) is 0 Å². The van der Waals surface area contributed by atoms with Crippen LogP contribution in [0.3, 0.4) is 0 Å². The van der Waals surface area contributed by atoms with Gasteiger partial charge in [-0.2, -0.15) is 5.10 Å². The molecule has 1 aliphatic carbocycles. The van der Waals surface area contributed by atoms with Crippen LogP contribution in [0.2, 0.25) is 0 Å². The number of aromatic hydroxyl groups is 1. The van der Waals surface area contributed by atoms with Crippen LogP contribution in [0.5, 0.6) is 5.75 Å². The van der Waals surface area contributed by atoms with Gasteiger partial charge >= 0.3 is 0 Å². The Hall–Kier alpha value is -2.67. The normalized spacial score (nSPS) is 19.4. The van der Waals surface area contributed by atoms with Crippen molar-refractivity contribution < 1.29 is 5.11 Å². The molecule has 1 aromatic carbocycles. The number of rotatable bonds is 4. The van der Waals surface area contributed by atoms with Gasteiger partial charge in [0.15, 0.2) is 5.82 Å². The highest BCUT2D eigenvalue weighted by Crippen LogP contribution is 2.41. The van der Waals surface area contributed by atoms with E-state index < -0.39 is 0 Å². The van der Waals surface area contributed by atoms with Crippen molar-refractivity contribution >= 4 is 16.7 Å². The van der Waals surface area contributed by atoms with Crippen molar-refractivity contribution in [2.75, 3.05) is 25.0 Å². The number of benzene rings is 1. The number of likely N-dealkylation sites (N-methyl/N-ethyl adjacent to an activating group) is 1. The summed E-state index contributed by atoms with van der Waals surface area (Å²) in [4.78, 5) is 2.46. The molecule has 0 amide bonds. The van der Waals surface area contributed by atoms with Crippen LogP contribution >= 0.6 is 0 Å². The van der Waals surface area contributed by atoms with Gasteiger partial charge in [-0.3, -0.25) is 4.68 Å². The van der Waals surface area contributed by atoms with Gasteiger partial charge in [-0.05, 0) is 56.0 Å². The number of phenols is 1. The molecule has 146 valence electrons. The summed E-state index contributed by atoms with van der Waals surface area (Å²) in [6.07, 6.45) is 6.12. The lowest BCUT2D eigenvalue weighted by Crippen LogP contribution is -2.42. The number of aryl methyl sites for hydroxylation is 2. The zero-order valence-electron chi connectivity index (χ0n) is 16.4. The van der Waals surface area contributed by atoms with Crippen molar-refractivity contribution in [3.05, 3.63) is 29.5 Å². The number of anilines is 1. The van der Waals surface area contributed by atoms with E-state index in [4.69, 9.17) is 0 Å². The third kappa shape index (κ3) is 2.73. The lowest BCUT2D eigenvalue weighted by molar-refractivity contribution is 0.226. The predicted octanol–water partition coefficient (Wildman–Crippen LogP) is 2.73. The molecule has 28 heavy (non-hydrogen) atoms. The smallest absolute Gasteiger partial charge is 0.160 e. The van der Waals surface area contributed by atoms with Gasteiger partial charge in [0.05, 0.1) is 17.1 Å². The molecule has 1 atom stereocenters.